The monoisotopic (exact) mass is 671 g/mol. The molecule has 0 N–H and O–H groups in total. The molecule has 0 saturated carbocycles. The minimum absolute atomic E-state index is 0.128. The SMILES string of the molecule is CCCCCCCCCCOC(C=CCCCCC(OC)OC)OC(C=CCCCCC(OC)OC)OCCCCCCCCCC. The van der Waals surface area contributed by atoms with Gasteiger partial charge in [-0.15, -0.1) is 0 Å². The van der Waals surface area contributed by atoms with E-state index >= 15 is 0 Å². The van der Waals surface area contributed by atoms with Crippen LogP contribution in [0.3, 0.4) is 0 Å². The summed E-state index contributed by atoms with van der Waals surface area (Å²) in [7, 11) is 6.78. The maximum absolute atomic E-state index is 6.46. The zero-order valence-corrected chi connectivity index (χ0v) is 31.9. The van der Waals surface area contributed by atoms with E-state index in [-0.39, 0.29) is 12.6 Å². The summed E-state index contributed by atoms with van der Waals surface area (Å²) in [5, 5.41) is 0. The molecule has 0 aliphatic heterocycles. The van der Waals surface area contributed by atoms with Gasteiger partial charge in [0.25, 0.3) is 0 Å². The lowest BCUT2D eigenvalue weighted by Crippen LogP contribution is -2.25. The Bertz CT molecular complexity index is 594. The largest absolute Gasteiger partial charge is 0.356 e. The first-order chi connectivity index (χ1) is 23.1. The highest BCUT2D eigenvalue weighted by Gasteiger charge is 2.14. The lowest BCUT2D eigenvalue weighted by molar-refractivity contribution is -0.208. The van der Waals surface area contributed by atoms with Gasteiger partial charge in [0.05, 0.1) is 13.2 Å². The molecule has 47 heavy (non-hydrogen) atoms. The smallest absolute Gasteiger partial charge is 0.180 e. The summed E-state index contributed by atoms with van der Waals surface area (Å²) < 4.78 is 40.3. The minimum Gasteiger partial charge on any atom is -0.356 e. The third kappa shape index (κ3) is 32.2. The summed E-state index contributed by atoms with van der Waals surface area (Å²) in [6, 6.07) is 0. The second-order valence-corrected chi connectivity index (χ2v) is 12.8. The summed E-state index contributed by atoms with van der Waals surface area (Å²) in [4.78, 5) is 0. The highest BCUT2D eigenvalue weighted by molar-refractivity contribution is 4.90. The quantitative estimate of drug-likeness (QED) is 0.0368. The maximum atomic E-state index is 6.46. The van der Waals surface area contributed by atoms with Gasteiger partial charge in [0, 0.05) is 28.4 Å². The molecule has 0 aromatic heterocycles. The fourth-order valence-electron chi connectivity index (χ4n) is 5.51. The molecule has 0 spiro atoms. The van der Waals surface area contributed by atoms with E-state index in [2.05, 4.69) is 38.2 Å². The van der Waals surface area contributed by atoms with Crippen LogP contribution in [0.2, 0.25) is 0 Å². The van der Waals surface area contributed by atoms with E-state index in [1.165, 1.54) is 89.9 Å². The van der Waals surface area contributed by atoms with Crippen LogP contribution in [0.5, 0.6) is 0 Å². The van der Waals surface area contributed by atoms with Gasteiger partial charge in [-0.1, -0.05) is 116 Å². The fraction of sp³-hybridized carbons (Fsp3) is 0.900. The van der Waals surface area contributed by atoms with Crippen molar-refractivity contribution in [1.82, 2.24) is 0 Å². The predicted molar refractivity (Wildman–Crippen MR) is 197 cm³/mol. The molecule has 0 aromatic rings. The Morgan fingerprint density at radius 3 is 1.09 bits per heavy atom. The summed E-state index contributed by atoms with van der Waals surface area (Å²) in [6.45, 7) is 5.93. The second-order valence-electron chi connectivity index (χ2n) is 12.8. The number of allylic oxidation sites excluding steroid dienone is 2. The molecule has 0 bridgehead atoms. The summed E-state index contributed by atoms with van der Waals surface area (Å²) in [5.41, 5.74) is 0. The Morgan fingerprint density at radius 1 is 0.404 bits per heavy atom. The van der Waals surface area contributed by atoms with Crippen LogP contribution in [-0.4, -0.2) is 66.8 Å². The van der Waals surface area contributed by atoms with E-state index in [9.17, 15) is 0 Å². The van der Waals surface area contributed by atoms with Crippen molar-refractivity contribution in [2.45, 2.75) is 193 Å². The molecular formula is C40H78O7. The molecule has 2 atom stereocenters. The zero-order chi connectivity index (χ0) is 34.5. The Hall–Kier alpha value is -0.800. The van der Waals surface area contributed by atoms with Gasteiger partial charge in [-0.25, -0.2) is 0 Å². The van der Waals surface area contributed by atoms with Crippen molar-refractivity contribution in [3.05, 3.63) is 24.3 Å². The van der Waals surface area contributed by atoms with Gasteiger partial charge in [0.2, 0.25) is 0 Å². The van der Waals surface area contributed by atoms with Crippen LogP contribution in [0, 0.1) is 0 Å². The van der Waals surface area contributed by atoms with Crippen LogP contribution in [0.4, 0.5) is 0 Å². The molecule has 7 heteroatoms. The topological polar surface area (TPSA) is 64.6 Å². The van der Waals surface area contributed by atoms with Gasteiger partial charge in [-0.2, -0.15) is 0 Å². The van der Waals surface area contributed by atoms with Gasteiger partial charge in [-0.3, -0.25) is 0 Å². The molecule has 0 heterocycles. The first kappa shape index (κ1) is 46.2. The number of hydrogen-bond donors (Lipinski definition) is 0. The standard InChI is InChI=1S/C40H78O7/c1-7-9-11-13-15-17-23-29-35-45-39(33-27-21-19-25-31-37(41-3)42-4)47-40(34-28-22-20-26-32-38(43-5)44-6)46-36-30-24-18-16-14-12-10-8-2/h27-28,33-34,37-40H,7-26,29-32,35-36H2,1-6H3. The van der Waals surface area contributed by atoms with Gasteiger partial charge >= 0.3 is 0 Å². The number of methoxy groups -OCH3 is 4. The van der Waals surface area contributed by atoms with Crippen molar-refractivity contribution in [2.75, 3.05) is 41.7 Å². The molecule has 0 radical (unpaired) electrons. The molecule has 0 aliphatic rings. The minimum atomic E-state index is -0.428. The first-order valence-electron chi connectivity index (χ1n) is 19.5. The van der Waals surface area contributed by atoms with Crippen molar-refractivity contribution < 1.29 is 33.2 Å². The Labute approximate surface area is 291 Å². The van der Waals surface area contributed by atoms with Crippen molar-refractivity contribution in [3.8, 4) is 0 Å². The predicted octanol–water partition coefficient (Wildman–Crippen LogP) is 11.4. The third-order valence-corrected chi connectivity index (χ3v) is 8.59. The van der Waals surface area contributed by atoms with Crippen molar-refractivity contribution >= 4 is 0 Å². The molecule has 0 rings (SSSR count). The lowest BCUT2D eigenvalue weighted by atomic mass is 10.1. The normalized spacial score (nSPS) is 13.6. The van der Waals surface area contributed by atoms with Crippen LogP contribution in [-0.2, 0) is 33.2 Å². The third-order valence-electron chi connectivity index (χ3n) is 8.59. The number of unbranched alkanes of at least 4 members (excludes halogenated alkanes) is 18. The van der Waals surface area contributed by atoms with E-state index in [4.69, 9.17) is 33.2 Å². The Kier molecular flexibility index (Phi) is 37.4. The van der Waals surface area contributed by atoms with Crippen molar-refractivity contribution in [1.29, 1.82) is 0 Å². The first-order valence-corrected chi connectivity index (χ1v) is 19.5. The van der Waals surface area contributed by atoms with Crippen LogP contribution in [0.15, 0.2) is 24.3 Å². The van der Waals surface area contributed by atoms with Crippen LogP contribution in [0.25, 0.3) is 0 Å². The highest BCUT2D eigenvalue weighted by Crippen LogP contribution is 2.15. The molecule has 0 fully saturated rings. The number of ether oxygens (including phenoxy) is 7. The summed E-state index contributed by atoms with van der Waals surface area (Å²) >= 11 is 0. The number of rotatable bonds is 38. The van der Waals surface area contributed by atoms with Crippen molar-refractivity contribution in [3.63, 3.8) is 0 Å². The van der Waals surface area contributed by atoms with Gasteiger partial charge < -0.3 is 33.2 Å². The van der Waals surface area contributed by atoms with Gasteiger partial charge in [0.1, 0.15) is 0 Å². The van der Waals surface area contributed by atoms with E-state index in [0.717, 1.165) is 64.2 Å². The highest BCUT2D eigenvalue weighted by atomic mass is 16.8. The maximum Gasteiger partial charge on any atom is 0.180 e. The van der Waals surface area contributed by atoms with E-state index in [1.54, 1.807) is 28.4 Å². The van der Waals surface area contributed by atoms with E-state index in [1.807, 2.05) is 0 Å². The lowest BCUT2D eigenvalue weighted by Gasteiger charge is -2.22. The molecule has 0 aromatic carbocycles. The Morgan fingerprint density at radius 2 is 0.745 bits per heavy atom. The molecule has 0 amide bonds. The van der Waals surface area contributed by atoms with Crippen LogP contribution in [0.1, 0.15) is 168 Å². The number of hydrogen-bond acceptors (Lipinski definition) is 7. The molecule has 7 nitrogen and oxygen atoms in total. The molecule has 280 valence electrons. The van der Waals surface area contributed by atoms with E-state index < -0.39 is 12.6 Å². The van der Waals surface area contributed by atoms with Crippen LogP contribution < -0.4 is 0 Å². The van der Waals surface area contributed by atoms with Crippen LogP contribution >= 0.6 is 0 Å². The summed E-state index contributed by atoms with van der Waals surface area (Å²) in [6.07, 6.45) is 35.8. The molecule has 2 unspecified atom stereocenters. The molecular weight excluding hydrogens is 592 g/mol. The Balaban J connectivity index is 5.03. The fourth-order valence-corrected chi connectivity index (χ4v) is 5.51. The average Bonchev–Trinajstić information content (AvgIpc) is 3.09. The molecule has 0 aliphatic carbocycles. The van der Waals surface area contributed by atoms with E-state index in [0.29, 0.717) is 13.2 Å². The zero-order valence-electron chi connectivity index (χ0n) is 31.9. The second kappa shape index (κ2) is 38.0. The van der Waals surface area contributed by atoms with Gasteiger partial charge in [-0.05, 0) is 76.4 Å². The van der Waals surface area contributed by atoms with Crippen molar-refractivity contribution in [2.24, 2.45) is 0 Å². The summed E-state index contributed by atoms with van der Waals surface area (Å²) in [5.74, 6) is 0. The van der Waals surface area contributed by atoms with Gasteiger partial charge in [0.15, 0.2) is 25.2 Å². The molecule has 0 saturated heterocycles. The average molecular weight is 671 g/mol.